The molecule has 0 bridgehead atoms. The Balaban J connectivity index is 2.15. The van der Waals surface area contributed by atoms with E-state index in [2.05, 4.69) is 25.4 Å². The third-order valence-corrected chi connectivity index (χ3v) is 3.27. The van der Waals surface area contributed by atoms with E-state index in [1.165, 1.54) is 19.3 Å². The monoisotopic (exact) mass is 151 g/mol. The molecule has 1 unspecified atom stereocenters. The Morgan fingerprint density at radius 1 is 1.45 bits per heavy atom. The number of nitrogens with one attached hydrogen (secondary N) is 1. The second kappa shape index (κ2) is 2.54. The molecule has 1 fully saturated rings. The van der Waals surface area contributed by atoms with Gasteiger partial charge in [-0.05, 0) is 31.9 Å². The Kier molecular flexibility index (Phi) is 1.67. The zero-order valence-corrected chi connectivity index (χ0v) is 7.43. The van der Waals surface area contributed by atoms with Gasteiger partial charge in [0, 0.05) is 12.0 Å². The molecule has 0 spiro atoms. The Bertz CT molecular complexity index is 183. The Hall–Kier alpha value is -0.460. The maximum absolute atomic E-state index is 3.48. The topological polar surface area (TPSA) is 12.0 Å². The van der Waals surface area contributed by atoms with Crippen molar-refractivity contribution in [1.82, 2.24) is 5.32 Å². The van der Waals surface area contributed by atoms with E-state index in [0.29, 0.717) is 0 Å². The molecule has 3 atom stereocenters. The van der Waals surface area contributed by atoms with Gasteiger partial charge >= 0.3 is 0 Å². The summed E-state index contributed by atoms with van der Waals surface area (Å²) in [7, 11) is 0. The molecule has 0 amide bonds. The predicted octanol–water partition coefficient (Wildman–Crippen LogP) is 2.30. The molecule has 1 saturated carbocycles. The Morgan fingerprint density at radius 2 is 2.27 bits per heavy atom. The largest absolute Gasteiger partial charge is 0.388 e. The fraction of sp³-hybridized carbons (Fsp3) is 0.800. The van der Waals surface area contributed by atoms with E-state index >= 15 is 0 Å². The van der Waals surface area contributed by atoms with E-state index in [0.717, 1.165) is 17.9 Å². The number of hydrogen-bond donors (Lipinski definition) is 1. The van der Waals surface area contributed by atoms with Gasteiger partial charge in [0.2, 0.25) is 0 Å². The fourth-order valence-electron chi connectivity index (χ4n) is 2.70. The van der Waals surface area contributed by atoms with Crippen LogP contribution >= 0.6 is 0 Å². The molecule has 11 heavy (non-hydrogen) atoms. The lowest BCUT2D eigenvalue weighted by atomic mass is 9.75. The maximum atomic E-state index is 3.48. The molecular formula is C10H17N. The van der Waals surface area contributed by atoms with Crippen LogP contribution in [0.2, 0.25) is 0 Å². The summed E-state index contributed by atoms with van der Waals surface area (Å²) < 4.78 is 0. The number of hydrogen-bond acceptors (Lipinski definition) is 1. The van der Waals surface area contributed by atoms with E-state index in [9.17, 15) is 0 Å². The van der Waals surface area contributed by atoms with Crippen LogP contribution in [-0.4, -0.2) is 6.04 Å². The average Bonchev–Trinajstić information content (AvgIpc) is 2.34. The first-order chi connectivity index (χ1) is 5.29. The first-order valence-electron chi connectivity index (χ1n) is 4.72. The van der Waals surface area contributed by atoms with Crippen LogP contribution in [0.4, 0.5) is 0 Å². The van der Waals surface area contributed by atoms with Gasteiger partial charge in [-0.2, -0.15) is 0 Å². The van der Waals surface area contributed by atoms with Gasteiger partial charge < -0.3 is 5.32 Å². The highest BCUT2D eigenvalue weighted by Gasteiger charge is 2.34. The van der Waals surface area contributed by atoms with Gasteiger partial charge in [-0.3, -0.25) is 0 Å². The van der Waals surface area contributed by atoms with E-state index in [1.807, 2.05) is 0 Å². The van der Waals surface area contributed by atoms with Gasteiger partial charge in [0.15, 0.2) is 0 Å². The first kappa shape index (κ1) is 7.20. The van der Waals surface area contributed by atoms with Crippen molar-refractivity contribution in [2.45, 2.75) is 39.2 Å². The lowest BCUT2D eigenvalue weighted by molar-refractivity contribution is 0.254. The molecular weight excluding hydrogens is 134 g/mol. The van der Waals surface area contributed by atoms with Crippen LogP contribution < -0.4 is 5.32 Å². The van der Waals surface area contributed by atoms with Crippen LogP contribution in [0.1, 0.15) is 33.1 Å². The molecule has 0 aromatic rings. The summed E-state index contributed by atoms with van der Waals surface area (Å²) in [5, 5.41) is 3.48. The van der Waals surface area contributed by atoms with Crippen molar-refractivity contribution in [2.24, 2.45) is 11.8 Å². The Labute approximate surface area is 68.9 Å². The lowest BCUT2D eigenvalue weighted by Gasteiger charge is -2.32. The zero-order chi connectivity index (χ0) is 7.84. The predicted molar refractivity (Wildman–Crippen MR) is 47.2 cm³/mol. The SMILES string of the molecule is CC1=CN[C@H]2CCC[C@@H](C)C12. The molecule has 2 rings (SSSR count). The molecule has 1 aliphatic heterocycles. The van der Waals surface area contributed by atoms with Gasteiger partial charge in [-0.15, -0.1) is 0 Å². The van der Waals surface area contributed by atoms with Crippen molar-refractivity contribution in [3.8, 4) is 0 Å². The fourth-order valence-corrected chi connectivity index (χ4v) is 2.70. The Morgan fingerprint density at radius 3 is 3.00 bits per heavy atom. The van der Waals surface area contributed by atoms with Crippen LogP contribution in [-0.2, 0) is 0 Å². The average molecular weight is 151 g/mol. The summed E-state index contributed by atoms with van der Waals surface area (Å²) in [5.41, 5.74) is 1.57. The van der Waals surface area contributed by atoms with Gasteiger partial charge in [0.1, 0.15) is 0 Å². The molecule has 62 valence electrons. The molecule has 1 N–H and O–H groups in total. The third-order valence-electron chi connectivity index (χ3n) is 3.27. The van der Waals surface area contributed by atoms with Crippen LogP contribution in [0.3, 0.4) is 0 Å². The quantitative estimate of drug-likeness (QED) is 0.560. The minimum atomic E-state index is 0.777. The number of fused-ring (bicyclic) bond motifs is 1. The van der Waals surface area contributed by atoms with E-state index in [1.54, 1.807) is 5.57 Å². The summed E-state index contributed by atoms with van der Waals surface area (Å²) in [6.45, 7) is 4.65. The summed E-state index contributed by atoms with van der Waals surface area (Å²) >= 11 is 0. The minimum absolute atomic E-state index is 0.777. The molecule has 0 aromatic heterocycles. The first-order valence-corrected chi connectivity index (χ1v) is 4.72. The molecule has 1 aliphatic carbocycles. The molecule has 1 nitrogen and oxygen atoms in total. The third kappa shape index (κ3) is 1.07. The second-order valence-corrected chi connectivity index (χ2v) is 4.10. The van der Waals surface area contributed by atoms with Crippen LogP contribution in [0.5, 0.6) is 0 Å². The molecule has 1 heterocycles. The van der Waals surface area contributed by atoms with E-state index in [4.69, 9.17) is 0 Å². The minimum Gasteiger partial charge on any atom is -0.388 e. The van der Waals surface area contributed by atoms with Crippen molar-refractivity contribution in [1.29, 1.82) is 0 Å². The van der Waals surface area contributed by atoms with Crippen molar-refractivity contribution in [2.75, 3.05) is 0 Å². The normalized spacial score (nSPS) is 42.7. The summed E-state index contributed by atoms with van der Waals surface area (Å²) in [6.07, 6.45) is 6.44. The van der Waals surface area contributed by atoms with Crippen LogP contribution in [0.15, 0.2) is 11.8 Å². The van der Waals surface area contributed by atoms with Crippen molar-refractivity contribution in [3.63, 3.8) is 0 Å². The van der Waals surface area contributed by atoms with Crippen molar-refractivity contribution >= 4 is 0 Å². The molecule has 2 aliphatic rings. The van der Waals surface area contributed by atoms with Crippen molar-refractivity contribution in [3.05, 3.63) is 11.8 Å². The van der Waals surface area contributed by atoms with Gasteiger partial charge in [0.05, 0.1) is 0 Å². The van der Waals surface area contributed by atoms with E-state index < -0.39 is 0 Å². The number of rotatable bonds is 0. The van der Waals surface area contributed by atoms with Gasteiger partial charge in [0.25, 0.3) is 0 Å². The molecule has 0 radical (unpaired) electrons. The van der Waals surface area contributed by atoms with Gasteiger partial charge in [-0.1, -0.05) is 18.9 Å². The summed E-state index contributed by atoms with van der Waals surface area (Å²) in [6, 6.07) is 0.777. The molecule has 0 aromatic carbocycles. The second-order valence-electron chi connectivity index (χ2n) is 4.10. The van der Waals surface area contributed by atoms with Crippen LogP contribution in [0, 0.1) is 11.8 Å². The lowest BCUT2D eigenvalue weighted by Crippen LogP contribution is -2.34. The highest BCUT2D eigenvalue weighted by molar-refractivity contribution is 5.15. The molecule has 1 heteroatoms. The smallest absolute Gasteiger partial charge is 0.0324 e. The highest BCUT2D eigenvalue weighted by atomic mass is 14.9. The maximum Gasteiger partial charge on any atom is 0.0324 e. The van der Waals surface area contributed by atoms with Gasteiger partial charge in [-0.25, -0.2) is 0 Å². The van der Waals surface area contributed by atoms with Crippen LogP contribution in [0.25, 0.3) is 0 Å². The zero-order valence-electron chi connectivity index (χ0n) is 7.43. The standard InChI is InChI=1S/C10H17N/c1-7-4-3-5-9-10(7)8(2)6-11-9/h6-7,9-11H,3-5H2,1-2H3/t7-,9+,10?/m1/s1. The highest BCUT2D eigenvalue weighted by Crippen LogP contribution is 2.37. The van der Waals surface area contributed by atoms with E-state index in [-0.39, 0.29) is 0 Å². The van der Waals surface area contributed by atoms with Crippen molar-refractivity contribution < 1.29 is 0 Å². The molecule has 0 saturated heterocycles. The summed E-state index contributed by atoms with van der Waals surface area (Å²) in [4.78, 5) is 0. The summed E-state index contributed by atoms with van der Waals surface area (Å²) in [5.74, 6) is 1.75.